The second-order valence-electron chi connectivity index (χ2n) is 4.50. The smallest absolute Gasteiger partial charge is 0.268 e. The molecule has 0 saturated carbocycles. The van der Waals surface area contributed by atoms with Gasteiger partial charge in [-0.3, -0.25) is 4.79 Å². The predicted octanol–water partition coefficient (Wildman–Crippen LogP) is 0.0797. The van der Waals surface area contributed by atoms with E-state index in [9.17, 15) is 4.79 Å². The van der Waals surface area contributed by atoms with Crippen LogP contribution in [0.4, 0.5) is 5.69 Å². The van der Waals surface area contributed by atoms with E-state index >= 15 is 0 Å². The van der Waals surface area contributed by atoms with Gasteiger partial charge in [0.1, 0.15) is 5.82 Å². The summed E-state index contributed by atoms with van der Waals surface area (Å²) in [7, 11) is 1.88. The average Bonchev–Trinajstić information content (AvgIpc) is 2.84. The monoisotopic (exact) mass is 276 g/mol. The van der Waals surface area contributed by atoms with E-state index in [0.717, 1.165) is 24.6 Å². The van der Waals surface area contributed by atoms with Crippen LogP contribution in [0, 0.1) is 6.92 Å². The number of rotatable bonds is 7. The van der Waals surface area contributed by atoms with E-state index in [-0.39, 0.29) is 5.56 Å². The van der Waals surface area contributed by atoms with Gasteiger partial charge in [-0.1, -0.05) is 0 Å². The van der Waals surface area contributed by atoms with Gasteiger partial charge in [0.05, 0.1) is 18.4 Å². The van der Waals surface area contributed by atoms with E-state index in [4.69, 9.17) is 0 Å². The topological polar surface area (TPSA) is 76.8 Å². The average molecular weight is 276 g/mol. The lowest BCUT2D eigenvalue weighted by Gasteiger charge is -2.09. The number of imidazole rings is 1. The molecule has 2 N–H and O–H groups in total. The largest absolute Gasteiger partial charge is 0.382 e. The van der Waals surface area contributed by atoms with Crippen LogP contribution in [0.5, 0.6) is 0 Å². The molecule has 0 aromatic carbocycles. The maximum atomic E-state index is 11.9. The van der Waals surface area contributed by atoms with E-state index in [0.29, 0.717) is 13.1 Å². The summed E-state index contributed by atoms with van der Waals surface area (Å²) in [6.07, 6.45) is 5.33. The van der Waals surface area contributed by atoms with Crippen molar-refractivity contribution < 1.29 is 0 Å². The van der Waals surface area contributed by atoms with Gasteiger partial charge in [-0.15, -0.1) is 0 Å². The molecule has 0 radical (unpaired) electrons. The molecule has 7 heteroatoms. The van der Waals surface area contributed by atoms with Gasteiger partial charge in [-0.25, -0.2) is 9.67 Å². The van der Waals surface area contributed by atoms with Crippen LogP contribution in [0.2, 0.25) is 0 Å². The Labute approximate surface area is 117 Å². The van der Waals surface area contributed by atoms with Gasteiger partial charge in [0.15, 0.2) is 0 Å². The Kier molecular flexibility index (Phi) is 4.89. The molecule has 0 amide bonds. The molecule has 0 aliphatic heterocycles. The summed E-state index contributed by atoms with van der Waals surface area (Å²) in [5, 5.41) is 10.3. The molecule has 0 fully saturated rings. The maximum Gasteiger partial charge on any atom is 0.268 e. The molecule has 7 nitrogen and oxygen atoms in total. The van der Waals surface area contributed by atoms with Gasteiger partial charge in [0, 0.05) is 38.1 Å². The minimum Gasteiger partial charge on any atom is -0.382 e. The molecule has 108 valence electrons. The van der Waals surface area contributed by atoms with E-state index < -0.39 is 0 Å². The molecule has 0 unspecified atom stereocenters. The van der Waals surface area contributed by atoms with Crippen LogP contribution in [0.15, 0.2) is 29.5 Å². The number of aromatic nitrogens is 4. The molecule has 2 aromatic rings. The van der Waals surface area contributed by atoms with E-state index in [1.54, 1.807) is 18.5 Å². The highest BCUT2D eigenvalue weighted by Crippen LogP contribution is 1.99. The first-order valence-electron chi connectivity index (χ1n) is 6.64. The highest BCUT2D eigenvalue weighted by molar-refractivity contribution is 5.38. The van der Waals surface area contributed by atoms with Gasteiger partial charge in [-0.05, 0) is 14.0 Å². The molecule has 0 aliphatic carbocycles. The summed E-state index contributed by atoms with van der Waals surface area (Å²) in [6.45, 7) is 4.75. The summed E-state index contributed by atoms with van der Waals surface area (Å²) < 4.78 is 3.45. The third-order valence-electron chi connectivity index (χ3n) is 3.05. The van der Waals surface area contributed by atoms with E-state index in [1.165, 1.54) is 4.68 Å². The Hall–Kier alpha value is -2.15. The van der Waals surface area contributed by atoms with Gasteiger partial charge >= 0.3 is 0 Å². The van der Waals surface area contributed by atoms with Crippen molar-refractivity contribution >= 4 is 5.69 Å². The van der Waals surface area contributed by atoms with Crippen LogP contribution in [0.3, 0.4) is 0 Å². The Morgan fingerprint density at radius 2 is 2.15 bits per heavy atom. The Morgan fingerprint density at radius 3 is 2.80 bits per heavy atom. The Bertz CT molecular complexity index is 603. The molecule has 0 saturated heterocycles. The molecular weight excluding hydrogens is 256 g/mol. The molecule has 2 heterocycles. The number of hydrogen-bond donors (Lipinski definition) is 2. The zero-order chi connectivity index (χ0) is 14.4. The second kappa shape index (κ2) is 6.85. The molecule has 0 aliphatic rings. The summed E-state index contributed by atoms with van der Waals surface area (Å²) in [5.74, 6) is 0.934. The fraction of sp³-hybridized carbons (Fsp3) is 0.462. The minimum absolute atomic E-state index is 0.0998. The first-order chi connectivity index (χ1) is 9.70. The fourth-order valence-electron chi connectivity index (χ4n) is 1.87. The van der Waals surface area contributed by atoms with Crippen LogP contribution < -0.4 is 16.2 Å². The number of nitrogens with zero attached hydrogens (tertiary/aromatic N) is 4. The summed E-state index contributed by atoms with van der Waals surface area (Å²) >= 11 is 0. The van der Waals surface area contributed by atoms with E-state index in [1.807, 2.05) is 24.7 Å². The normalized spacial score (nSPS) is 10.7. The van der Waals surface area contributed by atoms with E-state index in [2.05, 4.69) is 20.7 Å². The lowest BCUT2D eigenvalue weighted by Crippen LogP contribution is -2.25. The highest BCUT2D eigenvalue weighted by Gasteiger charge is 2.02. The third kappa shape index (κ3) is 3.67. The summed E-state index contributed by atoms with van der Waals surface area (Å²) in [4.78, 5) is 16.1. The van der Waals surface area contributed by atoms with Crippen LogP contribution >= 0.6 is 0 Å². The zero-order valence-electron chi connectivity index (χ0n) is 11.8. The van der Waals surface area contributed by atoms with Crippen molar-refractivity contribution in [2.24, 2.45) is 0 Å². The lowest BCUT2D eigenvalue weighted by molar-refractivity contribution is 0.505. The quantitative estimate of drug-likeness (QED) is 0.700. The maximum absolute atomic E-state index is 11.9. The number of aryl methyl sites for hydroxylation is 3. The minimum atomic E-state index is -0.0998. The Balaban J connectivity index is 1.96. The first kappa shape index (κ1) is 14.3. The summed E-state index contributed by atoms with van der Waals surface area (Å²) in [6, 6.07) is 1.57. The summed E-state index contributed by atoms with van der Waals surface area (Å²) in [5.41, 5.74) is 0.650. The van der Waals surface area contributed by atoms with Gasteiger partial charge in [0.25, 0.3) is 5.56 Å². The van der Waals surface area contributed by atoms with Crippen LogP contribution in [0.1, 0.15) is 5.82 Å². The second-order valence-corrected chi connectivity index (χ2v) is 4.50. The first-order valence-corrected chi connectivity index (χ1v) is 6.64. The van der Waals surface area contributed by atoms with Crippen LogP contribution in [0.25, 0.3) is 0 Å². The van der Waals surface area contributed by atoms with Crippen molar-refractivity contribution in [2.45, 2.75) is 20.0 Å². The van der Waals surface area contributed by atoms with Gasteiger partial charge < -0.3 is 15.2 Å². The Morgan fingerprint density at radius 1 is 1.30 bits per heavy atom. The van der Waals surface area contributed by atoms with Crippen molar-refractivity contribution in [3.63, 3.8) is 0 Å². The SMILES string of the molecule is CNCCNc1cnn(CCn2ccnc2C)c(=O)c1. The molecule has 0 atom stereocenters. The number of anilines is 1. The van der Waals surface area contributed by atoms with Crippen molar-refractivity contribution in [3.8, 4) is 0 Å². The van der Waals surface area contributed by atoms with Crippen molar-refractivity contribution in [1.82, 2.24) is 24.6 Å². The zero-order valence-corrected chi connectivity index (χ0v) is 11.8. The third-order valence-corrected chi connectivity index (χ3v) is 3.05. The number of hydrogen-bond acceptors (Lipinski definition) is 5. The van der Waals surface area contributed by atoms with Gasteiger partial charge in [-0.2, -0.15) is 5.10 Å². The standard InChI is InChI=1S/C13H20N6O/c1-11-15-5-6-18(11)7-8-19-13(20)9-12(10-17-19)16-4-3-14-2/h5-6,9-10,14,16H,3-4,7-8H2,1-2H3. The fourth-order valence-corrected chi connectivity index (χ4v) is 1.87. The lowest BCUT2D eigenvalue weighted by atomic mass is 10.4. The molecule has 20 heavy (non-hydrogen) atoms. The molecule has 0 spiro atoms. The number of likely N-dealkylation sites (N-methyl/N-ethyl adjacent to an activating group) is 1. The molecule has 0 bridgehead atoms. The van der Waals surface area contributed by atoms with Crippen LogP contribution in [-0.4, -0.2) is 39.5 Å². The molecular formula is C13H20N6O. The highest BCUT2D eigenvalue weighted by atomic mass is 16.1. The van der Waals surface area contributed by atoms with Crippen molar-refractivity contribution in [2.75, 3.05) is 25.5 Å². The van der Waals surface area contributed by atoms with Crippen LogP contribution in [-0.2, 0) is 13.1 Å². The molecule has 2 rings (SSSR count). The van der Waals surface area contributed by atoms with Gasteiger partial charge in [0.2, 0.25) is 0 Å². The predicted molar refractivity (Wildman–Crippen MR) is 77.9 cm³/mol. The van der Waals surface area contributed by atoms with Crippen molar-refractivity contribution in [3.05, 3.63) is 40.8 Å². The van der Waals surface area contributed by atoms with Crippen molar-refractivity contribution in [1.29, 1.82) is 0 Å². The number of nitrogens with one attached hydrogen (secondary N) is 2. The molecule has 2 aromatic heterocycles.